The number of hydrogen-bond donors (Lipinski definition) is 0. The SMILES string of the molecule is COOC(=O)N(C)[SiH3]. The first kappa shape index (κ1) is 7.45. The zero-order valence-electron chi connectivity index (χ0n) is 5.17. The molecule has 0 heterocycles. The summed E-state index contributed by atoms with van der Waals surface area (Å²) < 4.78 is 1.41. The molecule has 0 atom stereocenters. The summed E-state index contributed by atoms with van der Waals surface area (Å²) in [4.78, 5) is 18.6. The lowest BCUT2D eigenvalue weighted by Gasteiger charge is -2.06. The van der Waals surface area contributed by atoms with Gasteiger partial charge >= 0.3 is 6.09 Å². The molecule has 4 nitrogen and oxygen atoms in total. The smallest absolute Gasteiger partial charge is 0.345 e. The van der Waals surface area contributed by atoms with Crippen LogP contribution in [0, 0.1) is 0 Å². The van der Waals surface area contributed by atoms with Crippen LogP contribution in [0.2, 0.25) is 0 Å². The fourth-order valence-electron chi connectivity index (χ4n) is 0.146. The van der Waals surface area contributed by atoms with Crippen LogP contribution in [0.1, 0.15) is 0 Å². The molecule has 0 radical (unpaired) electrons. The molecule has 48 valence electrons. The highest BCUT2D eigenvalue weighted by Gasteiger charge is 2.01. The van der Waals surface area contributed by atoms with Crippen LogP contribution in [0.15, 0.2) is 0 Å². The predicted molar refractivity (Wildman–Crippen MR) is 31.2 cm³/mol. The summed E-state index contributed by atoms with van der Waals surface area (Å²) in [5.74, 6) is 0. The van der Waals surface area contributed by atoms with Gasteiger partial charge in [0.25, 0.3) is 0 Å². The van der Waals surface area contributed by atoms with E-state index >= 15 is 0 Å². The van der Waals surface area contributed by atoms with Gasteiger partial charge in [0.1, 0.15) is 10.4 Å². The van der Waals surface area contributed by atoms with Gasteiger partial charge in [-0.15, -0.1) is 0 Å². The zero-order chi connectivity index (χ0) is 6.57. The van der Waals surface area contributed by atoms with Crippen molar-refractivity contribution >= 4 is 16.5 Å². The Labute approximate surface area is 50.8 Å². The zero-order valence-corrected chi connectivity index (χ0v) is 7.17. The average molecular weight is 135 g/mol. The maximum Gasteiger partial charge on any atom is 0.432 e. The van der Waals surface area contributed by atoms with Gasteiger partial charge in [0.2, 0.25) is 0 Å². The molecule has 1 amide bonds. The molecule has 0 aromatic rings. The van der Waals surface area contributed by atoms with Crippen LogP contribution in [0.3, 0.4) is 0 Å². The van der Waals surface area contributed by atoms with E-state index in [0.29, 0.717) is 10.4 Å². The standard InChI is InChI=1S/C3H9NO3Si/c1-4(8)3(5)7-6-2/h1-2,8H3. The Balaban J connectivity index is 3.33. The molecule has 0 N–H and O–H groups in total. The highest BCUT2D eigenvalue weighted by molar-refractivity contribution is 6.12. The molecule has 0 saturated heterocycles. The first-order valence-electron chi connectivity index (χ1n) is 2.10. The molecule has 0 aliphatic rings. The van der Waals surface area contributed by atoms with Crippen LogP contribution in [-0.2, 0) is 9.78 Å². The lowest BCUT2D eigenvalue weighted by atomic mass is 11.1. The van der Waals surface area contributed by atoms with Crippen molar-refractivity contribution in [3.63, 3.8) is 0 Å². The summed E-state index contributed by atoms with van der Waals surface area (Å²) >= 11 is 0. The molecule has 5 heteroatoms. The molecule has 0 aliphatic carbocycles. The lowest BCUT2D eigenvalue weighted by molar-refractivity contribution is -0.217. The van der Waals surface area contributed by atoms with E-state index in [1.807, 2.05) is 0 Å². The minimum absolute atomic E-state index is 0.445. The number of hydrogen-bond acceptors (Lipinski definition) is 3. The van der Waals surface area contributed by atoms with Gasteiger partial charge in [0.05, 0.1) is 7.11 Å². The molecule has 0 aromatic carbocycles. The first-order valence-corrected chi connectivity index (χ1v) is 3.00. The lowest BCUT2D eigenvalue weighted by Crippen LogP contribution is -2.23. The minimum Gasteiger partial charge on any atom is -0.345 e. The summed E-state index contributed by atoms with van der Waals surface area (Å²) in [5, 5.41) is 0. The van der Waals surface area contributed by atoms with Gasteiger partial charge in [-0.25, -0.2) is 4.79 Å². The summed E-state index contributed by atoms with van der Waals surface area (Å²) in [6, 6.07) is 0. The van der Waals surface area contributed by atoms with Crippen molar-refractivity contribution < 1.29 is 14.6 Å². The Hall–Kier alpha value is -0.553. The third kappa shape index (κ3) is 2.59. The van der Waals surface area contributed by atoms with Crippen LogP contribution >= 0.6 is 0 Å². The Morgan fingerprint density at radius 1 is 1.75 bits per heavy atom. The van der Waals surface area contributed by atoms with E-state index in [2.05, 4.69) is 9.78 Å². The maximum atomic E-state index is 10.4. The monoisotopic (exact) mass is 135 g/mol. The van der Waals surface area contributed by atoms with Crippen LogP contribution in [0.4, 0.5) is 4.79 Å². The van der Waals surface area contributed by atoms with Gasteiger partial charge in [-0.1, -0.05) is 0 Å². The van der Waals surface area contributed by atoms with E-state index in [4.69, 9.17) is 0 Å². The van der Waals surface area contributed by atoms with Crippen molar-refractivity contribution in [3.05, 3.63) is 0 Å². The number of carbonyl (C=O) groups is 1. The Morgan fingerprint density at radius 3 is 2.38 bits per heavy atom. The molecule has 0 bridgehead atoms. The Kier molecular flexibility index (Phi) is 3.21. The van der Waals surface area contributed by atoms with E-state index < -0.39 is 6.09 Å². The largest absolute Gasteiger partial charge is 0.432 e. The summed E-state index contributed by atoms with van der Waals surface area (Å²) in [6.07, 6.45) is -0.445. The number of nitrogens with zero attached hydrogens (tertiary/aromatic N) is 1. The van der Waals surface area contributed by atoms with Crippen molar-refractivity contribution in [2.75, 3.05) is 14.2 Å². The molecule has 0 fully saturated rings. The molecule has 8 heavy (non-hydrogen) atoms. The maximum absolute atomic E-state index is 10.4. The van der Waals surface area contributed by atoms with Crippen molar-refractivity contribution in [2.45, 2.75) is 0 Å². The Bertz CT molecular complexity index is 84.6. The topological polar surface area (TPSA) is 38.8 Å². The van der Waals surface area contributed by atoms with Crippen LogP contribution in [-0.4, -0.2) is 35.2 Å². The number of rotatable bonds is 1. The summed E-state index contributed by atoms with van der Waals surface area (Å²) in [6.45, 7) is 0. The van der Waals surface area contributed by atoms with Gasteiger partial charge < -0.3 is 4.57 Å². The Morgan fingerprint density at radius 2 is 2.25 bits per heavy atom. The van der Waals surface area contributed by atoms with Gasteiger partial charge in [-0.2, -0.15) is 4.89 Å². The summed E-state index contributed by atoms with van der Waals surface area (Å²) in [7, 11) is 3.57. The third-order valence-electron chi connectivity index (χ3n) is 0.520. The normalized spacial score (nSPS) is 8.75. The van der Waals surface area contributed by atoms with Crippen LogP contribution in [0.5, 0.6) is 0 Å². The van der Waals surface area contributed by atoms with E-state index in [1.54, 1.807) is 7.05 Å². The van der Waals surface area contributed by atoms with Gasteiger partial charge in [0.15, 0.2) is 0 Å². The molecule has 0 spiro atoms. The second-order valence-electron chi connectivity index (χ2n) is 1.41. The number of amides is 1. The van der Waals surface area contributed by atoms with E-state index in [-0.39, 0.29) is 0 Å². The van der Waals surface area contributed by atoms with Crippen LogP contribution in [0.25, 0.3) is 0 Å². The summed E-state index contributed by atoms with van der Waals surface area (Å²) in [5.41, 5.74) is 0. The molecular weight excluding hydrogens is 126 g/mol. The average Bonchev–Trinajstić information content (AvgIpc) is 1.67. The van der Waals surface area contributed by atoms with Crippen LogP contribution < -0.4 is 0 Å². The van der Waals surface area contributed by atoms with Crippen molar-refractivity contribution in [3.8, 4) is 0 Å². The highest BCUT2D eigenvalue weighted by atomic mass is 28.2. The van der Waals surface area contributed by atoms with E-state index in [1.165, 1.54) is 11.7 Å². The van der Waals surface area contributed by atoms with E-state index in [0.717, 1.165) is 0 Å². The van der Waals surface area contributed by atoms with E-state index in [9.17, 15) is 4.79 Å². The van der Waals surface area contributed by atoms with Gasteiger partial charge in [-0.3, -0.25) is 4.89 Å². The second-order valence-corrected chi connectivity index (χ2v) is 2.75. The second kappa shape index (κ2) is 3.45. The molecule has 0 unspecified atom stereocenters. The van der Waals surface area contributed by atoms with Crippen molar-refractivity contribution in [1.82, 2.24) is 4.57 Å². The van der Waals surface area contributed by atoms with Crippen molar-refractivity contribution in [2.24, 2.45) is 0 Å². The fraction of sp³-hybridized carbons (Fsp3) is 0.667. The molecule has 0 aliphatic heterocycles. The third-order valence-corrected chi connectivity index (χ3v) is 0.885. The fourth-order valence-corrected chi connectivity index (χ4v) is 0.220. The molecule has 0 saturated carbocycles. The molecule has 0 aromatic heterocycles. The quantitative estimate of drug-likeness (QED) is 0.260. The first-order chi connectivity index (χ1) is 3.68. The predicted octanol–water partition coefficient (Wildman–Crippen LogP) is -1.10. The molecular formula is C3H9NO3Si. The number of carbonyl (C=O) groups excluding carboxylic acids is 1. The molecule has 0 rings (SSSR count). The highest BCUT2D eigenvalue weighted by Crippen LogP contribution is 1.82. The van der Waals surface area contributed by atoms with Gasteiger partial charge in [0, 0.05) is 7.05 Å². The van der Waals surface area contributed by atoms with Crippen molar-refractivity contribution in [1.29, 1.82) is 0 Å². The minimum atomic E-state index is -0.445. The van der Waals surface area contributed by atoms with Gasteiger partial charge in [-0.05, 0) is 0 Å².